The Balaban J connectivity index is 2.76. The van der Waals surface area contributed by atoms with Gasteiger partial charge in [-0.15, -0.1) is 5.10 Å². The fourth-order valence-electron chi connectivity index (χ4n) is 0.886. The number of rotatable bonds is 4. The van der Waals surface area contributed by atoms with E-state index in [0.717, 1.165) is 10.9 Å². The minimum absolute atomic E-state index is 0.0628. The highest BCUT2D eigenvalue weighted by Gasteiger charge is 2.16. The van der Waals surface area contributed by atoms with Gasteiger partial charge in [0.1, 0.15) is 6.54 Å². The molecule has 1 aromatic heterocycles. The van der Waals surface area contributed by atoms with Gasteiger partial charge in [0, 0.05) is 0 Å². The van der Waals surface area contributed by atoms with Gasteiger partial charge in [-0.2, -0.15) is 0 Å². The smallest absolute Gasteiger partial charge is 0.358 e. The fraction of sp³-hybridized carbons (Fsp3) is 0.571. The summed E-state index contributed by atoms with van der Waals surface area (Å²) < 4.78 is 29.4. The molecule has 0 aromatic carbocycles. The van der Waals surface area contributed by atoms with Crippen LogP contribution in [0, 0.1) is 0 Å². The van der Waals surface area contributed by atoms with Gasteiger partial charge >= 0.3 is 5.97 Å². The molecule has 0 aliphatic rings. The quantitative estimate of drug-likeness (QED) is 0.679. The van der Waals surface area contributed by atoms with Crippen LogP contribution in [0.2, 0.25) is 0 Å². The molecule has 0 spiro atoms. The summed E-state index contributed by atoms with van der Waals surface area (Å²) in [6.07, 6.45) is -1.48. The van der Waals surface area contributed by atoms with E-state index < -0.39 is 18.9 Å². The molecular formula is C7H9F2N3O2. The zero-order chi connectivity index (χ0) is 10.6. The number of ether oxygens (including phenoxy) is 1. The molecule has 0 amide bonds. The van der Waals surface area contributed by atoms with E-state index in [0.29, 0.717) is 0 Å². The van der Waals surface area contributed by atoms with Gasteiger partial charge in [0.2, 0.25) is 0 Å². The van der Waals surface area contributed by atoms with E-state index in [4.69, 9.17) is 0 Å². The molecule has 14 heavy (non-hydrogen) atoms. The van der Waals surface area contributed by atoms with Crippen LogP contribution < -0.4 is 0 Å². The Morgan fingerprint density at radius 2 is 2.43 bits per heavy atom. The minimum atomic E-state index is -2.58. The van der Waals surface area contributed by atoms with Crippen LogP contribution in [0.4, 0.5) is 8.78 Å². The maximum absolute atomic E-state index is 12.0. The molecule has 1 aromatic rings. The highest BCUT2D eigenvalue weighted by Crippen LogP contribution is 2.03. The third kappa shape index (κ3) is 2.48. The van der Waals surface area contributed by atoms with Crippen molar-refractivity contribution < 1.29 is 18.3 Å². The van der Waals surface area contributed by atoms with Crippen molar-refractivity contribution in [3.8, 4) is 0 Å². The average Bonchev–Trinajstić information content (AvgIpc) is 2.51. The Morgan fingerprint density at radius 1 is 1.71 bits per heavy atom. The number of carbonyl (C=O) groups is 1. The lowest BCUT2D eigenvalue weighted by atomic mass is 10.4. The first-order valence-corrected chi connectivity index (χ1v) is 3.99. The Labute approximate surface area is 78.7 Å². The van der Waals surface area contributed by atoms with Crippen LogP contribution >= 0.6 is 0 Å². The maximum Gasteiger partial charge on any atom is 0.358 e. The summed E-state index contributed by atoms with van der Waals surface area (Å²) in [6, 6.07) is 0. The normalized spacial score (nSPS) is 10.6. The number of esters is 1. The second-order valence-electron chi connectivity index (χ2n) is 2.41. The summed E-state index contributed by atoms with van der Waals surface area (Å²) in [5.41, 5.74) is -0.0628. The molecule has 1 heterocycles. The van der Waals surface area contributed by atoms with Crippen LogP contribution in [0.15, 0.2) is 6.20 Å². The van der Waals surface area contributed by atoms with Crippen molar-refractivity contribution >= 4 is 5.97 Å². The number of nitrogens with zero attached hydrogens (tertiary/aromatic N) is 3. The van der Waals surface area contributed by atoms with Gasteiger partial charge in [0.15, 0.2) is 5.69 Å². The third-order valence-electron chi connectivity index (χ3n) is 1.41. The molecule has 0 aliphatic heterocycles. The van der Waals surface area contributed by atoms with E-state index in [-0.39, 0.29) is 12.3 Å². The lowest BCUT2D eigenvalue weighted by Crippen LogP contribution is -2.16. The third-order valence-corrected chi connectivity index (χ3v) is 1.41. The summed E-state index contributed by atoms with van der Waals surface area (Å²) in [4.78, 5) is 11.1. The predicted molar refractivity (Wildman–Crippen MR) is 42.0 cm³/mol. The topological polar surface area (TPSA) is 57.0 Å². The van der Waals surface area contributed by atoms with Crippen molar-refractivity contribution in [1.29, 1.82) is 0 Å². The molecule has 7 heteroatoms. The van der Waals surface area contributed by atoms with Crippen molar-refractivity contribution in [3.63, 3.8) is 0 Å². The monoisotopic (exact) mass is 205 g/mol. The number of carbonyl (C=O) groups excluding carboxylic acids is 1. The van der Waals surface area contributed by atoms with E-state index in [1.54, 1.807) is 6.92 Å². The first-order chi connectivity index (χ1) is 6.65. The van der Waals surface area contributed by atoms with Crippen molar-refractivity contribution in [3.05, 3.63) is 11.9 Å². The van der Waals surface area contributed by atoms with Crippen LogP contribution in [-0.4, -0.2) is 34.0 Å². The van der Waals surface area contributed by atoms with E-state index in [1.807, 2.05) is 0 Å². The highest BCUT2D eigenvalue weighted by atomic mass is 19.3. The van der Waals surface area contributed by atoms with Gasteiger partial charge < -0.3 is 4.74 Å². The van der Waals surface area contributed by atoms with Crippen LogP contribution in [0.1, 0.15) is 17.4 Å². The Hall–Kier alpha value is -1.53. The SMILES string of the molecule is CCOC(=O)c1cnnn1CC(F)F. The molecule has 0 radical (unpaired) electrons. The molecule has 0 saturated carbocycles. The number of alkyl halides is 2. The minimum Gasteiger partial charge on any atom is -0.461 e. The molecule has 78 valence electrons. The summed E-state index contributed by atoms with van der Waals surface area (Å²) in [7, 11) is 0. The van der Waals surface area contributed by atoms with E-state index >= 15 is 0 Å². The zero-order valence-electron chi connectivity index (χ0n) is 7.48. The zero-order valence-corrected chi connectivity index (χ0v) is 7.48. The van der Waals surface area contributed by atoms with Crippen molar-refractivity contribution in [2.45, 2.75) is 19.9 Å². The standard InChI is InChI=1S/C7H9F2N3O2/c1-2-14-7(13)5-3-10-11-12(5)4-6(8)9/h3,6H,2,4H2,1H3. The van der Waals surface area contributed by atoms with Gasteiger partial charge in [-0.25, -0.2) is 18.3 Å². The number of hydrogen-bond donors (Lipinski definition) is 0. The largest absolute Gasteiger partial charge is 0.461 e. The van der Waals surface area contributed by atoms with Crippen LogP contribution in [-0.2, 0) is 11.3 Å². The second kappa shape index (κ2) is 4.64. The lowest BCUT2D eigenvalue weighted by molar-refractivity contribution is 0.0502. The van der Waals surface area contributed by atoms with Gasteiger partial charge in [-0.1, -0.05) is 5.21 Å². The molecule has 0 aliphatic carbocycles. The molecule has 0 unspecified atom stereocenters. The van der Waals surface area contributed by atoms with Crippen LogP contribution in [0.3, 0.4) is 0 Å². The Morgan fingerprint density at radius 3 is 3.00 bits per heavy atom. The molecule has 0 atom stereocenters. The van der Waals surface area contributed by atoms with E-state index in [2.05, 4.69) is 15.0 Å². The molecule has 1 rings (SSSR count). The second-order valence-corrected chi connectivity index (χ2v) is 2.41. The average molecular weight is 205 g/mol. The summed E-state index contributed by atoms with van der Waals surface area (Å²) in [5.74, 6) is -0.696. The molecule has 0 fully saturated rings. The van der Waals surface area contributed by atoms with Gasteiger partial charge in [0.05, 0.1) is 12.8 Å². The summed E-state index contributed by atoms with van der Waals surface area (Å²) >= 11 is 0. The van der Waals surface area contributed by atoms with E-state index in [1.165, 1.54) is 0 Å². The molecule has 5 nitrogen and oxygen atoms in total. The van der Waals surface area contributed by atoms with Gasteiger partial charge in [0.25, 0.3) is 6.43 Å². The lowest BCUT2D eigenvalue weighted by Gasteiger charge is -2.04. The first-order valence-electron chi connectivity index (χ1n) is 3.99. The van der Waals surface area contributed by atoms with Crippen molar-refractivity contribution in [1.82, 2.24) is 15.0 Å². The van der Waals surface area contributed by atoms with Gasteiger partial charge in [-0.05, 0) is 6.92 Å². The predicted octanol–water partition coefficient (Wildman–Crippen LogP) is 0.720. The number of aromatic nitrogens is 3. The summed E-state index contributed by atoms with van der Waals surface area (Å²) in [6.45, 7) is 1.14. The molecular weight excluding hydrogens is 196 g/mol. The van der Waals surface area contributed by atoms with Gasteiger partial charge in [-0.3, -0.25) is 0 Å². The fourth-order valence-corrected chi connectivity index (χ4v) is 0.886. The highest BCUT2D eigenvalue weighted by molar-refractivity contribution is 5.87. The van der Waals surface area contributed by atoms with Crippen LogP contribution in [0.5, 0.6) is 0 Å². The number of halogens is 2. The van der Waals surface area contributed by atoms with Crippen LogP contribution in [0.25, 0.3) is 0 Å². The van der Waals surface area contributed by atoms with E-state index in [9.17, 15) is 13.6 Å². The number of hydrogen-bond acceptors (Lipinski definition) is 4. The molecule has 0 bridgehead atoms. The van der Waals surface area contributed by atoms with Crippen molar-refractivity contribution in [2.24, 2.45) is 0 Å². The molecule has 0 saturated heterocycles. The Bertz CT molecular complexity index is 314. The molecule has 0 N–H and O–H groups in total. The van der Waals surface area contributed by atoms with Crippen molar-refractivity contribution in [2.75, 3.05) is 6.61 Å². The Kier molecular flexibility index (Phi) is 3.49. The maximum atomic E-state index is 12.0. The summed E-state index contributed by atoms with van der Waals surface area (Å²) in [5, 5.41) is 6.70. The first kappa shape index (κ1) is 10.6.